The maximum atomic E-state index is 10.9. The second kappa shape index (κ2) is 26.6. The first-order valence-corrected chi connectivity index (χ1v) is 13.9. The molecule has 1 N–H and O–H groups in total. The molecule has 0 atom stereocenters. The van der Waals surface area contributed by atoms with Crippen molar-refractivity contribution in [2.75, 3.05) is 0 Å². The number of benzene rings is 4. The minimum absolute atomic E-state index is 0. The van der Waals surface area contributed by atoms with Gasteiger partial charge in [0.05, 0.1) is 9.85 Å². The van der Waals surface area contributed by atoms with Gasteiger partial charge in [0.2, 0.25) is 0 Å². The molecule has 4 aromatic rings. The van der Waals surface area contributed by atoms with E-state index in [2.05, 4.69) is 64.8 Å². The Labute approximate surface area is 359 Å². The Bertz CT molecular complexity index is 1400. The number of phenolic OH excluding ortho intramolecular Hbond substituents is 1. The van der Waals surface area contributed by atoms with Crippen molar-refractivity contribution in [3.63, 3.8) is 0 Å². The van der Waals surface area contributed by atoms with Crippen LogP contribution in [0, 0.1) is 20.2 Å². The third-order valence-corrected chi connectivity index (χ3v) is 6.16. The quantitative estimate of drug-likeness (QED) is 0.0718. The fourth-order valence-electron chi connectivity index (χ4n) is 2.70. The summed E-state index contributed by atoms with van der Waals surface area (Å²) in [5.74, 6) is -0.0507. The second-order valence-electron chi connectivity index (χ2n) is 7.35. The van der Waals surface area contributed by atoms with E-state index in [-0.39, 0.29) is 134 Å². The Morgan fingerprint density at radius 1 is 0.767 bits per heavy atom. The fourth-order valence-corrected chi connectivity index (χ4v) is 3.77. The standard InChI is InChI=1S/C13H10BrNO3.C7H7Br.C6H4BrNO3.CH2O3.2K.H/c14-11-6-7-13(12(8-11)15(16)17)18-9-10-4-2-1-3-5-10;8-6-7-4-2-1-3-5-7;7-4-1-2-6(9)5(3-4)8(10)11;2-1-4-3;;;/h1-8H,9H2;1-5H,6H2;1-3,9H;1,3H;;;/q;;;;2*+1;-1/p-1. The Morgan fingerprint density at radius 3 is 1.60 bits per heavy atom. The minimum atomic E-state index is -0.639. The van der Waals surface area contributed by atoms with Gasteiger partial charge in [-0.1, -0.05) is 108 Å². The maximum absolute atomic E-state index is 10.9. The molecule has 0 fully saturated rings. The molecule has 0 bridgehead atoms. The normalized spacial score (nSPS) is 8.84. The molecule has 4 aromatic carbocycles. The van der Waals surface area contributed by atoms with Crippen LogP contribution < -0.4 is 113 Å². The van der Waals surface area contributed by atoms with Crippen molar-refractivity contribution in [2.45, 2.75) is 11.9 Å². The summed E-state index contributed by atoms with van der Waals surface area (Å²) in [7, 11) is 0. The van der Waals surface area contributed by atoms with Crippen LogP contribution in [-0.4, -0.2) is 21.4 Å². The Balaban J connectivity index is -0.000000558. The van der Waals surface area contributed by atoms with E-state index in [1.165, 1.54) is 29.8 Å². The molecule has 0 aliphatic carbocycles. The van der Waals surface area contributed by atoms with Crippen molar-refractivity contribution in [3.8, 4) is 11.5 Å². The van der Waals surface area contributed by atoms with Gasteiger partial charge in [0.25, 0.3) is 6.47 Å². The molecule has 0 spiro atoms. The van der Waals surface area contributed by atoms with Gasteiger partial charge in [-0.3, -0.25) is 25.0 Å². The number of carbonyl (C=O) groups excluding carboxylic acids is 1. The van der Waals surface area contributed by atoms with E-state index < -0.39 is 9.85 Å². The van der Waals surface area contributed by atoms with Crippen LogP contribution in [0.3, 0.4) is 0 Å². The van der Waals surface area contributed by atoms with E-state index in [4.69, 9.17) is 19.9 Å². The Kier molecular flexibility index (Phi) is 27.6. The molecule has 0 amide bonds. The van der Waals surface area contributed by atoms with Gasteiger partial charge in [-0.05, 0) is 35.4 Å². The van der Waals surface area contributed by atoms with Crippen molar-refractivity contribution >= 4 is 65.6 Å². The molecule has 16 heteroatoms. The number of phenols is 1. The molecule has 4 rings (SSSR count). The number of hydrogen-bond acceptors (Lipinski definition) is 9. The van der Waals surface area contributed by atoms with E-state index in [1.54, 1.807) is 12.1 Å². The maximum Gasteiger partial charge on any atom is 1.00 e. The molecule has 0 aliphatic heterocycles. The number of nitrogens with zero attached hydrogens (tertiary/aromatic N) is 2. The van der Waals surface area contributed by atoms with E-state index >= 15 is 0 Å². The summed E-state index contributed by atoms with van der Waals surface area (Å²) >= 11 is 9.61. The molecule has 0 unspecified atom stereocenters. The van der Waals surface area contributed by atoms with Crippen molar-refractivity contribution in [1.82, 2.24) is 0 Å². The summed E-state index contributed by atoms with van der Waals surface area (Å²) in [6, 6.07) is 28.6. The number of nitro groups is 2. The number of rotatable bonds is 7. The van der Waals surface area contributed by atoms with E-state index in [1.807, 2.05) is 48.5 Å². The number of alkyl halides is 1. The fraction of sp³-hybridized carbons (Fsp3) is 0.0741. The van der Waals surface area contributed by atoms with E-state index in [9.17, 15) is 20.2 Å². The smallest absolute Gasteiger partial charge is 1.00 e. The van der Waals surface area contributed by atoms with Crippen LogP contribution in [-0.2, 0) is 21.6 Å². The van der Waals surface area contributed by atoms with Gasteiger partial charge in [0, 0.05) is 26.4 Å². The molecule has 0 heterocycles. The van der Waals surface area contributed by atoms with Gasteiger partial charge >= 0.3 is 114 Å². The first kappa shape index (κ1) is 44.5. The van der Waals surface area contributed by atoms with Crippen LogP contribution in [0.15, 0.2) is 106 Å². The molecule has 43 heavy (non-hydrogen) atoms. The van der Waals surface area contributed by atoms with E-state index in [0.717, 1.165) is 10.9 Å². The molecular weight excluding hydrogens is 814 g/mol. The van der Waals surface area contributed by atoms with Gasteiger partial charge in [0.15, 0.2) is 11.5 Å². The topological polar surface area (TPSA) is 165 Å². The summed E-state index contributed by atoms with van der Waals surface area (Å²) < 4.78 is 6.70. The van der Waals surface area contributed by atoms with Crippen molar-refractivity contribution < 1.29 is 139 Å². The van der Waals surface area contributed by atoms with E-state index in [0.29, 0.717) is 15.6 Å². The average molecular weight is 837 g/mol. The van der Waals surface area contributed by atoms with Gasteiger partial charge in [-0.2, -0.15) is 0 Å². The Hall–Kier alpha value is -0.577. The molecule has 11 nitrogen and oxygen atoms in total. The molecule has 0 saturated heterocycles. The average Bonchev–Trinajstić information content (AvgIpc) is 2.99. The summed E-state index contributed by atoms with van der Waals surface area (Å²) in [5.41, 5.74) is 1.96. The Morgan fingerprint density at radius 2 is 1.21 bits per heavy atom. The SMILES string of the molecule is BrCc1ccccc1.O=CO[O-].O=[N+]([O-])c1cc(Br)ccc1O.O=[N+]([O-])c1cc(Br)ccc1OCc1ccccc1.[H-].[K+].[K+]. The molecule has 218 valence electrons. The first-order valence-electron chi connectivity index (χ1n) is 11.2. The largest absolute Gasteiger partial charge is 1.00 e. The predicted octanol–water partition coefficient (Wildman–Crippen LogP) is 1.14. The zero-order valence-corrected chi connectivity index (χ0v) is 34.0. The monoisotopic (exact) mass is 834 g/mol. The molecular formula is C27H23Br3K2N2O9. The van der Waals surface area contributed by atoms with Crippen molar-refractivity contribution in [2.24, 2.45) is 0 Å². The molecule has 0 aliphatic rings. The third kappa shape index (κ3) is 19.5. The number of hydrogen-bond donors (Lipinski definition) is 1. The van der Waals surface area contributed by atoms with Gasteiger partial charge in [-0.15, -0.1) is 0 Å². The third-order valence-electron chi connectivity index (χ3n) is 4.53. The van der Waals surface area contributed by atoms with Gasteiger partial charge in [-0.25, -0.2) is 0 Å². The summed E-state index contributed by atoms with van der Waals surface area (Å²) in [6.45, 7) is 0.128. The van der Waals surface area contributed by atoms with Gasteiger partial charge < -0.3 is 21.4 Å². The van der Waals surface area contributed by atoms with Crippen LogP contribution in [0.25, 0.3) is 0 Å². The minimum Gasteiger partial charge on any atom is -1.00 e. The molecule has 0 saturated carbocycles. The number of carbonyl (C=O) groups is 1. The van der Waals surface area contributed by atoms with Crippen molar-refractivity contribution in [1.29, 1.82) is 0 Å². The number of halogens is 3. The van der Waals surface area contributed by atoms with Crippen LogP contribution in [0.2, 0.25) is 0 Å². The number of ether oxygens (including phenoxy) is 1. The van der Waals surface area contributed by atoms with Crippen LogP contribution in [0.4, 0.5) is 11.4 Å². The zero-order valence-electron chi connectivity index (χ0n) is 24.0. The van der Waals surface area contributed by atoms with Crippen LogP contribution in [0.1, 0.15) is 12.6 Å². The number of nitro benzene ring substituents is 2. The summed E-state index contributed by atoms with van der Waals surface area (Å²) in [6.07, 6.45) is 0. The summed E-state index contributed by atoms with van der Waals surface area (Å²) in [4.78, 5) is 31.2. The van der Waals surface area contributed by atoms with Crippen molar-refractivity contribution in [3.05, 3.63) is 137 Å². The molecule has 0 radical (unpaired) electrons. The predicted molar refractivity (Wildman–Crippen MR) is 161 cm³/mol. The second-order valence-corrected chi connectivity index (χ2v) is 9.74. The van der Waals surface area contributed by atoms with Crippen LogP contribution >= 0.6 is 47.8 Å². The van der Waals surface area contributed by atoms with Gasteiger partial charge in [0.1, 0.15) is 6.61 Å². The zero-order chi connectivity index (χ0) is 30.6. The summed E-state index contributed by atoms with van der Waals surface area (Å²) in [5, 5.41) is 39.4. The molecule has 0 aromatic heterocycles. The number of aromatic hydroxyl groups is 1. The first-order chi connectivity index (χ1) is 19.6. The van der Waals surface area contributed by atoms with Crippen LogP contribution in [0.5, 0.6) is 11.5 Å².